The van der Waals surface area contributed by atoms with Crippen LogP contribution in [0.1, 0.15) is 49.7 Å². The number of carbonyl (C=O) groups is 3. The van der Waals surface area contributed by atoms with Crippen molar-refractivity contribution in [3.8, 4) is 0 Å². The van der Waals surface area contributed by atoms with Gasteiger partial charge in [0.1, 0.15) is 29.8 Å². The van der Waals surface area contributed by atoms with Crippen molar-refractivity contribution in [1.29, 1.82) is 0 Å². The number of aromatic nitrogens is 2. The van der Waals surface area contributed by atoms with E-state index >= 15 is 0 Å². The average molecular weight is 554 g/mol. The Morgan fingerprint density at radius 1 is 1.02 bits per heavy atom. The first kappa shape index (κ1) is 31.4. The molecule has 0 unspecified atom stereocenters. The first-order chi connectivity index (χ1) is 19.1. The molecule has 3 aromatic rings. The molecule has 2 N–H and O–H groups in total. The fraction of sp³-hybridized carbons (Fsp3) is 0.207. The van der Waals surface area contributed by atoms with Crippen molar-refractivity contribution in [3.63, 3.8) is 0 Å². The van der Waals surface area contributed by atoms with E-state index in [0.29, 0.717) is 29.4 Å². The van der Waals surface area contributed by atoms with Crippen LogP contribution in [0.25, 0.3) is 11.3 Å². The molecule has 1 aromatic carbocycles. The van der Waals surface area contributed by atoms with Gasteiger partial charge in [-0.15, -0.1) is 0 Å². The smallest absolute Gasteiger partial charge is 0.280 e. The Morgan fingerprint density at radius 3 is 2.30 bits per heavy atom. The normalized spacial score (nSPS) is 11.3. The molecule has 11 heteroatoms. The van der Waals surface area contributed by atoms with Crippen LogP contribution in [-0.2, 0) is 4.79 Å². The molecule has 40 heavy (non-hydrogen) atoms. The molecular formula is C29H30F3N5O3. The topological polar surface area (TPSA) is 104 Å². The van der Waals surface area contributed by atoms with Crippen LogP contribution >= 0.6 is 0 Å². The maximum absolute atomic E-state index is 14.1. The summed E-state index contributed by atoms with van der Waals surface area (Å²) in [6, 6.07) is 9.01. The second kappa shape index (κ2) is 15.0. The van der Waals surface area contributed by atoms with Gasteiger partial charge in [0, 0.05) is 57.4 Å². The van der Waals surface area contributed by atoms with Crippen LogP contribution in [0.4, 0.5) is 18.9 Å². The number of pyridine rings is 2. The van der Waals surface area contributed by atoms with Gasteiger partial charge >= 0.3 is 0 Å². The monoisotopic (exact) mass is 553 g/mol. The van der Waals surface area contributed by atoms with Crippen molar-refractivity contribution in [2.45, 2.75) is 13.3 Å². The molecule has 3 rings (SSSR count). The lowest BCUT2D eigenvalue weighted by Crippen LogP contribution is -2.19. The third-order valence-corrected chi connectivity index (χ3v) is 5.60. The highest BCUT2D eigenvalue weighted by atomic mass is 19.3. The summed E-state index contributed by atoms with van der Waals surface area (Å²) in [5.74, 6) is -0.651. The zero-order valence-corrected chi connectivity index (χ0v) is 22.7. The molecule has 2 aromatic heterocycles. The van der Waals surface area contributed by atoms with Crippen LogP contribution in [-0.4, -0.2) is 61.5 Å². The maximum Gasteiger partial charge on any atom is 0.280 e. The van der Waals surface area contributed by atoms with Crippen molar-refractivity contribution in [3.05, 3.63) is 100 Å². The number of allylic oxidation sites excluding steroid dienone is 3. The van der Waals surface area contributed by atoms with E-state index in [1.54, 1.807) is 45.4 Å². The predicted molar refractivity (Wildman–Crippen MR) is 149 cm³/mol. The Kier molecular flexibility index (Phi) is 11.7. The summed E-state index contributed by atoms with van der Waals surface area (Å²) >= 11 is 0. The highest BCUT2D eigenvalue weighted by molar-refractivity contribution is 5.94. The highest BCUT2D eigenvalue weighted by Gasteiger charge is 2.14. The van der Waals surface area contributed by atoms with Crippen molar-refractivity contribution in [2.24, 2.45) is 0 Å². The Morgan fingerprint density at radius 2 is 1.73 bits per heavy atom. The first-order valence-electron chi connectivity index (χ1n) is 12.0. The van der Waals surface area contributed by atoms with E-state index in [1.807, 2.05) is 25.1 Å². The number of amides is 1. The number of carbonyl (C=O) groups excluding carboxylic acids is 3. The number of aldehydes is 2. The Labute approximate surface area is 230 Å². The van der Waals surface area contributed by atoms with E-state index in [0.717, 1.165) is 22.9 Å². The molecule has 0 aliphatic heterocycles. The second-order valence-electron chi connectivity index (χ2n) is 8.52. The zero-order chi connectivity index (χ0) is 29.8. The lowest BCUT2D eigenvalue weighted by molar-refractivity contribution is -0.104. The molecule has 0 spiro atoms. The van der Waals surface area contributed by atoms with Crippen LogP contribution in [0.5, 0.6) is 0 Å². The maximum atomic E-state index is 14.1. The molecule has 0 aliphatic carbocycles. The van der Waals surface area contributed by atoms with Crippen LogP contribution in [0, 0.1) is 12.7 Å². The number of halogens is 3. The number of benzene rings is 1. The first-order valence-corrected chi connectivity index (χ1v) is 12.0. The molecule has 0 aliphatic rings. The fourth-order valence-corrected chi connectivity index (χ4v) is 3.58. The fourth-order valence-electron chi connectivity index (χ4n) is 3.58. The van der Waals surface area contributed by atoms with E-state index < -0.39 is 6.43 Å². The lowest BCUT2D eigenvalue weighted by Gasteiger charge is -2.20. The standard InChI is InChI=1S/C22H25FN4O2.C7H5F2NO/c1-14-10-18(23)19(24-2)13-17(14)15(7-9-28)12-21(27(4)5)16-6-8-26-20(11-16)22(29)25-3;8-7(9)6-3-5(4-11)1-2-10-6/h6-13,24H,1-5H3,(H,25,29);1-4,7H/b15-7+,21-12-;. The zero-order valence-electron chi connectivity index (χ0n) is 22.7. The number of hydrogen-bond acceptors (Lipinski definition) is 7. The summed E-state index contributed by atoms with van der Waals surface area (Å²) in [5, 5.41) is 5.37. The second-order valence-corrected chi connectivity index (χ2v) is 8.52. The SMILES string of the molecule is CNC(=O)c1cc(/C(=C/C(=C\C=O)c2cc(NC)c(F)cc2C)N(C)C)ccn1.O=Cc1ccnc(C(F)F)c1. The number of anilines is 1. The van der Waals surface area contributed by atoms with Crippen LogP contribution in [0.15, 0.2) is 60.9 Å². The van der Waals surface area contributed by atoms with Gasteiger partial charge in [-0.25, -0.2) is 13.2 Å². The Bertz CT molecular complexity index is 1420. The lowest BCUT2D eigenvalue weighted by atomic mass is 9.97. The van der Waals surface area contributed by atoms with Gasteiger partial charge in [-0.3, -0.25) is 24.4 Å². The molecular weight excluding hydrogens is 523 g/mol. The molecule has 0 bridgehead atoms. The summed E-state index contributed by atoms with van der Waals surface area (Å²) in [6.07, 6.45) is 4.60. The van der Waals surface area contributed by atoms with E-state index in [2.05, 4.69) is 20.6 Å². The molecule has 2 heterocycles. The van der Waals surface area contributed by atoms with Gasteiger partial charge in [-0.05, 0) is 72.2 Å². The predicted octanol–water partition coefficient (Wildman–Crippen LogP) is 4.95. The van der Waals surface area contributed by atoms with E-state index in [-0.39, 0.29) is 28.7 Å². The minimum absolute atomic E-state index is 0.218. The van der Waals surface area contributed by atoms with Crippen molar-refractivity contribution in [2.75, 3.05) is 33.5 Å². The van der Waals surface area contributed by atoms with Gasteiger partial charge in [0.25, 0.3) is 12.3 Å². The van der Waals surface area contributed by atoms with Crippen LogP contribution < -0.4 is 10.6 Å². The van der Waals surface area contributed by atoms with Crippen molar-refractivity contribution in [1.82, 2.24) is 20.2 Å². The van der Waals surface area contributed by atoms with E-state index in [9.17, 15) is 27.6 Å². The minimum Gasteiger partial charge on any atom is -0.386 e. The molecule has 0 saturated heterocycles. The quantitative estimate of drug-likeness (QED) is 0.220. The molecule has 0 fully saturated rings. The summed E-state index contributed by atoms with van der Waals surface area (Å²) < 4.78 is 37.9. The van der Waals surface area contributed by atoms with Gasteiger partial charge in [-0.2, -0.15) is 0 Å². The average Bonchev–Trinajstić information content (AvgIpc) is 2.95. The molecule has 8 nitrogen and oxygen atoms in total. The van der Waals surface area contributed by atoms with Gasteiger partial charge < -0.3 is 15.5 Å². The number of rotatable bonds is 9. The van der Waals surface area contributed by atoms with Gasteiger partial charge in [-0.1, -0.05) is 0 Å². The number of hydrogen-bond donors (Lipinski definition) is 2. The van der Waals surface area contributed by atoms with Crippen LogP contribution in [0.2, 0.25) is 0 Å². The van der Waals surface area contributed by atoms with Gasteiger partial charge in [0.05, 0.1) is 5.69 Å². The van der Waals surface area contributed by atoms with Crippen LogP contribution in [0.3, 0.4) is 0 Å². The third kappa shape index (κ3) is 8.35. The number of nitrogens with one attached hydrogen (secondary N) is 2. The van der Waals surface area contributed by atoms with Crippen molar-refractivity contribution < 1.29 is 27.6 Å². The highest BCUT2D eigenvalue weighted by Crippen LogP contribution is 2.29. The molecule has 210 valence electrons. The molecule has 1 amide bonds. The van der Waals surface area contributed by atoms with Gasteiger partial charge in [0.2, 0.25) is 0 Å². The summed E-state index contributed by atoms with van der Waals surface area (Å²) in [6.45, 7) is 1.79. The summed E-state index contributed by atoms with van der Waals surface area (Å²) in [4.78, 5) is 42.7. The minimum atomic E-state index is -2.62. The molecule has 0 saturated carbocycles. The third-order valence-electron chi connectivity index (χ3n) is 5.60. The Hall–Kier alpha value is -4.80. The van der Waals surface area contributed by atoms with E-state index in [4.69, 9.17) is 0 Å². The Balaban J connectivity index is 0.000000425. The molecule has 0 radical (unpaired) electrons. The van der Waals surface area contributed by atoms with Crippen molar-refractivity contribution >= 4 is 35.4 Å². The van der Waals surface area contributed by atoms with E-state index in [1.165, 1.54) is 24.4 Å². The molecule has 0 atom stereocenters. The number of alkyl halides is 2. The summed E-state index contributed by atoms with van der Waals surface area (Å²) in [7, 11) is 6.90. The summed E-state index contributed by atoms with van der Waals surface area (Å²) in [5.41, 5.74) is 4.05. The number of aryl methyl sites for hydroxylation is 1. The van der Waals surface area contributed by atoms with Gasteiger partial charge in [0.15, 0.2) is 0 Å². The number of nitrogens with zero attached hydrogens (tertiary/aromatic N) is 3. The largest absolute Gasteiger partial charge is 0.386 e.